The van der Waals surface area contributed by atoms with Crippen molar-refractivity contribution in [3.05, 3.63) is 23.4 Å². The van der Waals surface area contributed by atoms with Crippen LogP contribution in [-0.2, 0) is 4.84 Å². The van der Waals surface area contributed by atoms with Gasteiger partial charge in [-0.15, -0.1) is 5.48 Å². The molecule has 2 aliphatic rings. The van der Waals surface area contributed by atoms with E-state index in [2.05, 4.69) is 11.6 Å². The SMILES string of the molecule is C1=C2CCCC=C2CO[N]1. The van der Waals surface area contributed by atoms with E-state index in [-0.39, 0.29) is 0 Å². The Hall–Kier alpha value is -0.760. The second kappa shape index (κ2) is 2.46. The van der Waals surface area contributed by atoms with E-state index in [1.165, 1.54) is 30.4 Å². The van der Waals surface area contributed by atoms with E-state index in [1.54, 1.807) is 0 Å². The van der Waals surface area contributed by atoms with Crippen LogP contribution in [0.15, 0.2) is 23.4 Å². The molecule has 0 aromatic carbocycles. The van der Waals surface area contributed by atoms with Crippen LogP contribution < -0.4 is 5.48 Å². The molecule has 0 saturated heterocycles. The average Bonchev–Trinajstić information content (AvgIpc) is 2.05. The number of allylic oxidation sites excluding steroid dienone is 1. The molecule has 2 heteroatoms. The van der Waals surface area contributed by atoms with E-state index in [0.29, 0.717) is 6.61 Å². The molecule has 1 aliphatic heterocycles. The molecule has 53 valence electrons. The first-order chi connectivity index (χ1) is 4.97. The van der Waals surface area contributed by atoms with Crippen LogP contribution in [0.1, 0.15) is 19.3 Å². The van der Waals surface area contributed by atoms with Gasteiger partial charge in [-0.25, -0.2) is 4.84 Å². The van der Waals surface area contributed by atoms with Crippen molar-refractivity contribution in [1.82, 2.24) is 5.48 Å². The smallest absolute Gasteiger partial charge is 0.102 e. The molecular weight excluding hydrogens is 126 g/mol. The normalized spacial score (nSPS) is 24.0. The summed E-state index contributed by atoms with van der Waals surface area (Å²) in [5, 5.41) is 0. The van der Waals surface area contributed by atoms with Crippen molar-refractivity contribution in [3.63, 3.8) is 0 Å². The van der Waals surface area contributed by atoms with Gasteiger partial charge in [-0.2, -0.15) is 0 Å². The fourth-order valence-electron chi connectivity index (χ4n) is 1.37. The molecule has 0 fully saturated rings. The molecule has 0 N–H and O–H groups in total. The van der Waals surface area contributed by atoms with Gasteiger partial charge < -0.3 is 0 Å². The molecule has 2 nitrogen and oxygen atoms in total. The highest BCUT2D eigenvalue weighted by Gasteiger charge is 2.13. The maximum Gasteiger partial charge on any atom is 0.102 e. The molecule has 1 radical (unpaired) electrons. The Balaban J connectivity index is 2.25. The lowest BCUT2D eigenvalue weighted by Crippen LogP contribution is -2.14. The molecule has 0 bridgehead atoms. The van der Waals surface area contributed by atoms with E-state index in [0.717, 1.165) is 0 Å². The third-order valence-corrected chi connectivity index (χ3v) is 1.96. The molecule has 0 unspecified atom stereocenters. The van der Waals surface area contributed by atoms with Crippen LogP contribution in [0.3, 0.4) is 0 Å². The zero-order valence-electron chi connectivity index (χ0n) is 5.84. The molecule has 0 saturated carbocycles. The van der Waals surface area contributed by atoms with E-state index in [4.69, 9.17) is 4.84 Å². The topological polar surface area (TPSA) is 23.3 Å². The van der Waals surface area contributed by atoms with E-state index in [9.17, 15) is 0 Å². The number of hydrogen-bond acceptors (Lipinski definition) is 1. The lowest BCUT2D eigenvalue weighted by molar-refractivity contribution is 0.0737. The van der Waals surface area contributed by atoms with Crippen molar-refractivity contribution in [2.75, 3.05) is 6.61 Å². The van der Waals surface area contributed by atoms with Crippen LogP contribution in [0.2, 0.25) is 0 Å². The molecule has 0 atom stereocenters. The first kappa shape index (κ1) is 5.98. The van der Waals surface area contributed by atoms with Crippen molar-refractivity contribution < 1.29 is 4.84 Å². The highest BCUT2D eigenvalue weighted by atomic mass is 16.6. The average molecular weight is 136 g/mol. The van der Waals surface area contributed by atoms with Crippen molar-refractivity contribution >= 4 is 0 Å². The summed E-state index contributed by atoms with van der Waals surface area (Å²) < 4.78 is 0. The van der Waals surface area contributed by atoms with Gasteiger partial charge >= 0.3 is 0 Å². The van der Waals surface area contributed by atoms with Crippen LogP contribution in [0, 0.1) is 0 Å². The summed E-state index contributed by atoms with van der Waals surface area (Å²) in [5.74, 6) is 0. The van der Waals surface area contributed by atoms with Crippen LogP contribution in [0.4, 0.5) is 0 Å². The highest BCUT2D eigenvalue weighted by Crippen LogP contribution is 2.25. The van der Waals surface area contributed by atoms with Crippen LogP contribution in [0.5, 0.6) is 0 Å². The highest BCUT2D eigenvalue weighted by molar-refractivity contribution is 5.33. The monoisotopic (exact) mass is 136 g/mol. The Bertz CT molecular complexity index is 171. The summed E-state index contributed by atoms with van der Waals surface area (Å²) in [6.07, 6.45) is 7.75. The Morgan fingerprint density at radius 3 is 3.30 bits per heavy atom. The van der Waals surface area contributed by atoms with Gasteiger partial charge in [0.2, 0.25) is 0 Å². The Kier molecular flexibility index (Phi) is 1.47. The molecule has 2 rings (SSSR count). The molecule has 10 heavy (non-hydrogen) atoms. The van der Waals surface area contributed by atoms with E-state index >= 15 is 0 Å². The second-order valence-electron chi connectivity index (χ2n) is 2.65. The van der Waals surface area contributed by atoms with Gasteiger partial charge in [-0.1, -0.05) is 6.08 Å². The number of fused-ring (bicyclic) bond motifs is 1. The van der Waals surface area contributed by atoms with Gasteiger partial charge in [-0.05, 0) is 30.4 Å². The molecule has 0 aromatic rings. The lowest BCUT2D eigenvalue weighted by Gasteiger charge is -2.19. The minimum Gasteiger partial charge on any atom is -0.247 e. The number of hydroxylamine groups is 1. The first-order valence-corrected chi connectivity index (χ1v) is 3.67. The summed E-state index contributed by atoms with van der Waals surface area (Å²) in [6, 6.07) is 0. The van der Waals surface area contributed by atoms with Gasteiger partial charge in [0.15, 0.2) is 0 Å². The summed E-state index contributed by atoms with van der Waals surface area (Å²) in [6.45, 7) is 0.686. The molecule has 0 spiro atoms. The number of rotatable bonds is 0. The fourth-order valence-corrected chi connectivity index (χ4v) is 1.37. The van der Waals surface area contributed by atoms with Crippen LogP contribution >= 0.6 is 0 Å². The largest absolute Gasteiger partial charge is 0.247 e. The standard InChI is InChI=1S/C8H10NO/c1-2-4-8-6-10-9-5-7(8)3-1/h4-5H,1-3,6H2. The molecule has 1 aliphatic carbocycles. The predicted molar refractivity (Wildman–Crippen MR) is 38.1 cm³/mol. The third kappa shape index (κ3) is 0.948. The minimum absolute atomic E-state index is 0.686. The zero-order valence-corrected chi connectivity index (χ0v) is 5.84. The lowest BCUT2D eigenvalue weighted by atomic mass is 9.94. The van der Waals surface area contributed by atoms with Crippen molar-refractivity contribution in [2.45, 2.75) is 19.3 Å². The zero-order chi connectivity index (χ0) is 6.81. The van der Waals surface area contributed by atoms with Crippen molar-refractivity contribution in [2.24, 2.45) is 0 Å². The van der Waals surface area contributed by atoms with Gasteiger partial charge in [-0.3, -0.25) is 0 Å². The molecule has 0 amide bonds. The van der Waals surface area contributed by atoms with Crippen molar-refractivity contribution in [1.29, 1.82) is 0 Å². The maximum atomic E-state index is 4.92. The summed E-state index contributed by atoms with van der Waals surface area (Å²) in [4.78, 5) is 4.92. The third-order valence-electron chi connectivity index (χ3n) is 1.96. The number of hydrogen-bond donors (Lipinski definition) is 0. The Morgan fingerprint density at radius 1 is 1.40 bits per heavy atom. The van der Waals surface area contributed by atoms with Gasteiger partial charge in [0.05, 0.1) is 6.20 Å². The Morgan fingerprint density at radius 2 is 2.40 bits per heavy atom. The van der Waals surface area contributed by atoms with Crippen LogP contribution in [0.25, 0.3) is 0 Å². The van der Waals surface area contributed by atoms with Gasteiger partial charge in [0.25, 0.3) is 0 Å². The Labute approximate surface area is 60.5 Å². The predicted octanol–water partition coefficient (Wildman–Crippen LogP) is 1.53. The summed E-state index contributed by atoms with van der Waals surface area (Å²) in [7, 11) is 0. The molecule has 1 heterocycles. The van der Waals surface area contributed by atoms with Crippen LogP contribution in [-0.4, -0.2) is 6.61 Å². The van der Waals surface area contributed by atoms with Gasteiger partial charge in [0, 0.05) is 0 Å². The summed E-state index contributed by atoms with van der Waals surface area (Å²) >= 11 is 0. The second-order valence-corrected chi connectivity index (χ2v) is 2.65. The quantitative estimate of drug-likeness (QED) is 0.495. The van der Waals surface area contributed by atoms with E-state index in [1.807, 2.05) is 6.20 Å². The van der Waals surface area contributed by atoms with E-state index < -0.39 is 0 Å². The molecule has 0 aromatic heterocycles. The number of nitrogens with zero attached hydrogens (tertiary/aromatic N) is 1. The maximum absolute atomic E-state index is 4.92. The minimum atomic E-state index is 0.686. The fraction of sp³-hybridized carbons (Fsp3) is 0.500. The van der Waals surface area contributed by atoms with Crippen molar-refractivity contribution in [3.8, 4) is 0 Å². The van der Waals surface area contributed by atoms with Gasteiger partial charge in [0.1, 0.15) is 6.61 Å². The summed E-state index contributed by atoms with van der Waals surface area (Å²) in [5.41, 5.74) is 6.48. The first-order valence-electron chi connectivity index (χ1n) is 3.67. The molecular formula is C8H10NO.